The van der Waals surface area contributed by atoms with Gasteiger partial charge in [0.05, 0.1) is 18.8 Å². The summed E-state index contributed by atoms with van der Waals surface area (Å²) >= 11 is 0. The zero-order chi connectivity index (χ0) is 23.3. The Bertz CT molecular complexity index is 1030. The highest BCUT2D eigenvalue weighted by molar-refractivity contribution is 5.71. The molecule has 5 heteroatoms. The van der Waals surface area contributed by atoms with Gasteiger partial charge in [-0.25, -0.2) is 0 Å². The molecule has 0 spiro atoms. The van der Waals surface area contributed by atoms with Crippen LogP contribution in [-0.2, 0) is 0 Å². The van der Waals surface area contributed by atoms with Crippen LogP contribution in [0.15, 0.2) is 24.3 Å². The maximum absolute atomic E-state index is 6.67. The Kier molecular flexibility index (Phi) is 5.72. The average Bonchev–Trinajstić information content (AvgIpc) is 3.43. The van der Waals surface area contributed by atoms with Gasteiger partial charge in [-0.15, -0.1) is 0 Å². The van der Waals surface area contributed by atoms with Crippen LogP contribution in [-0.4, -0.2) is 56.9 Å². The Morgan fingerprint density at radius 2 is 1.48 bits per heavy atom. The molecule has 5 nitrogen and oxygen atoms in total. The van der Waals surface area contributed by atoms with Crippen LogP contribution in [0.4, 0.5) is 11.4 Å². The van der Waals surface area contributed by atoms with Crippen LogP contribution in [0.1, 0.15) is 55.0 Å². The lowest BCUT2D eigenvalue weighted by Gasteiger charge is -2.40. The van der Waals surface area contributed by atoms with Crippen LogP contribution in [0.2, 0.25) is 0 Å². The molecule has 2 aromatic carbocycles. The summed E-state index contributed by atoms with van der Waals surface area (Å²) in [6, 6.07) is 8.70. The van der Waals surface area contributed by atoms with Gasteiger partial charge in [0, 0.05) is 37.4 Å². The van der Waals surface area contributed by atoms with E-state index in [1.807, 2.05) is 6.07 Å². The molecule has 2 fully saturated rings. The number of benzene rings is 2. The van der Waals surface area contributed by atoms with Gasteiger partial charge in [0.15, 0.2) is 0 Å². The van der Waals surface area contributed by atoms with Crippen molar-refractivity contribution in [2.75, 3.05) is 56.2 Å². The number of fused-ring (bicyclic) bond motifs is 1. The molecule has 0 aromatic heterocycles. The van der Waals surface area contributed by atoms with Crippen molar-refractivity contribution in [3.8, 4) is 11.5 Å². The molecule has 5 rings (SSSR count). The maximum atomic E-state index is 6.67. The molecule has 2 aromatic rings. The number of para-hydroxylation sites is 2. The van der Waals surface area contributed by atoms with Crippen LogP contribution in [0.3, 0.4) is 0 Å². The van der Waals surface area contributed by atoms with Crippen molar-refractivity contribution in [3.05, 3.63) is 46.5 Å². The summed E-state index contributed by atoms with van der Waals surface area (Å²) in [5.74, 6) is 2.10. The second kappa shape index (κ2) is 8.43. The normalized spacial score (nSPS) is 22.4. The lowest BCUT2D eigenvalue weighted by Crippen LogP contribution is -2.47. The average molecular weight is 450 g/mol. The number of rotatable bonds is 4. The van der Waals surface area contributed by atoms with Crippen LogP contribution in [0.25, 0.3) is 0 Å². The first-order valence-electron chi connectivity index (χ1n) is 12.5. The Morgan fingerprint density at radius 3 is 2.15 bits per heavy atom. The van der Waals surface area contributed by atoms with Crippen molar-refractivity contribution in [1.29, 1.82) is 0 Å². The number of anilines is 2. The summed E-state index contributed by atoms with van der Waals surface area (Å²) in [7, 11) is 1.76. The number of piperazine rings is 1. The number of methoxy groups -OCH3 is 1. The predicted octanol–water partition coefficient (Wildman–Crippen LogP) is 5.25. The van der Waals surface area contributed by atoms with Gasteiger partial charge in [-0.1, -0.05) is 12.1 Å². The van der Waals surface area contributed by atoms with Crippen LogP contribution < -0.4 is 19.3 Å². The van der Waals surface area contributed by atoms with Crippen LogP contribution >= 0.6 is 0 Å². The van der Waals surface area contributed by atoms with Crippen LogP contribution in [0, 0.1) is 20.8 Å². The zero-order valence-electron chi connectivity index (χ0n) is 21.2. The third-order valence-electron chi connectivity index (χ3n) is 8.09. The molecule has 1 atom stereocenters. The molecule has 3 heterocycles. The number of nitrogens with zero attached hydrogens (tertiary/aromatic N) is 3. The highest BCUT2D eigenvalue weighted by atomic mass is 16.5. The molecule has 0 amide bonds. The van der Waals surface area contributed by atoms with E-state index in [9.17, 15) is 0 Å². The molecular weight excluding hydrogens is 410 g/mol. The second-order valence-electron chi connectivity index (χ2n) is 10.5. The van der Waals surface area contributed by atoms with Crippen molar-refractivity contribution in [2.24, 2.45) is 0 Å². The number of ether oxygens (including phenoxy) is 2. The minimum absolute atomic E-state index is 0.199. The van der Waals surface area contributed by atoms with Gasteiger partial charge in [-0.05, 0) is 89.4 Å². The van der Waals surface area contributed by atoms with Crippen molar-refractivity contribution in [1.82, 2.24) is 4.90 Å². The lowest BCUT2D eigenvalue weighted by atomic mass is 9.87. The molecule has 0 bridgehead atoms. The lowest BCUT2D eigenvalue weighted by molar-refractivity contribution is 0.0396. The topological polar surface area (TPSA) is 28.2 Å². The van der Waals surface area contributed by atoms with E-state index in [1.165, 1.54) is 59.6 Å². The van der Waals surface area contributed by atoms with Crippen molar-refractivity contribution >= 4 is 11.4 Å². The van der Waals surface area contributed by atoms with Gasteiger partial charge in [0.2, 0.25) is 0 Å². The van der Waals surface area contributed by atoms with E-state index < -0.39 is 0 Å². The molecular formula is C28H39N3O2. The number of hydrogen-bond acceptors (Lipinski definition) is 5. The largest absolute Gasteiger partial charge is 0.495 e. The molecule has 0 N–H and O–H groups in total. The van der Waals surface area contributed by atoms with Gasteiger partial charge in [-0.3, -0.25) is 4.90 Å². The van der Waals surface area contributed by atoms with E-state index in [-0.39, 0.29) is 5.60 Å². The highest BCUT2D eigenvalue weighted by Gasteiger charge is 2.47. The number of likely N-dealkylation sites (tertiary alicyclic amines) is 1. The van der Waals surface area contributed by atoms with Gasteiger partial charge >= 0.3 is 0 Å². The summed E-state index contributed by atoms with van der Waals surface area (Å²) in [5, 5.41) is 0. The van der Waals surface area contributed by atoms with E-state index in [4.69, 9.17) is 9.47 Å². The highest BCUT2D eigenvalue weighted by Crippen LogP contribution is 2.53. The summed E-state index contributed by atoms with van der Waals surface area (Å²) in [5.41, 5.74) is 7.96. The standard InChI is InChI=1S/C28H39N3O2/c1-19-20(2)26-24(27(28(4,5)33-26)31-13-9-10-14-31)21(3)25(19)30-17-15-29(16-18-30)22-11-7-8-12-23(22)32-6/h7-8,11-12,27H,9-10,13-18H2,1-6H3. The van der Waals surface area contributed by atoms with Gasteiger partial charge in [0.1, 0.15) is 17.1 Å². The van der Waals surface area contributed by atoms with Crippen molar-refractivity contribution in [2.45, 2.75) is 59.1 Å². The smallest absolute Gasteiger partial charge is 0.142 e. The molecule has 3 aliphatic heterocycles. The third-order valence-corrected chi connectivity index (χ3v) is 8.09. The van der Waals surface area contributed by atoms with Gasteiger partial charge in [-0.2, -0.15) is 0 Å². The monoisotopic (exact) mass is 449 g/mol. The fourth-order valence-corrected chi connectivity index (χ4v) is 6.41. The Labute approximate surface area is 199 Å². The first kappa shape index (κ1) is 22.4. The molecule has 178 valence electrons. The molecule has 0 radical (unpaired) electrons. The van der Waals surface area contributed by atoms with E-state index in [2.05, 4.69) is 67.5 Å². The minimum atomic E-state index is -0.199. The SMILES string of the molecule is COc1ccccc1N1CCN(c2c(C)c(C)c3c(c2C)C(N2CCCC2)C(C)(C)O3)CC1. The molecule has 0 saturated carbocycles. The first-order valence-corrected chi connectivity index (χ1v) is 12.5. The fraction of sp³-hybridized carbons (Fsp3) is 0.571. The quantitative estimate of drug-likeness (QED) is 0.635. The zero-order valence-corrected chi connectivity index (χ0v) is 21.2. The van der Waals surface area contributed by atoms with E-state index >= 15 is 0 Å². The molecule has 0 aliphatic carbocycles. The molecule has 3 aliphatic rings. The Balaban J connectivity index is 1.47. The van der Waals surface area contributed by atoms with Crippen molar-refractivity contribution in [3.63, 3.8) is 0 Å². The summed E-state index contributed by atoms with van der Waals surface area (Å²) in [6.45, 7) is 17.8. The van der Waals surface area contributed by atoms with E-state index in [1.54, 1.807) is 7.11 Å². The van der Waals surface area contributed by atoms with Gasteiger partial charge in [0.25, 0.3) is 0 Å². The first-order chi connectivity index (χ1) is 15.8. The van der Waals surface area contributed by atoms with Crippen LogP contribution in [0.5, 0.6) is 11.5 Å². The maximum Gasteiger partial charge on any atom is 0.142 e. The Morgan fingerprint density at radius 1 is 0.848 bits per heavy atom. The fourth-order valence-electron chi connectivity index (χ4n) is 6.41. The minimum Gasteiger partial charge on any atom is -0.495 e. The number of hydrogen-bond donors (Lipinski definition) is 0. The predicted molar refractivity (Wildman–Crippen MR) is 136 cm³/mol. The summed E-state index contributed by atoms with van der Waals surface area (Å²) < 4.78 is 12.3. The van der Waals surface area contributed by atoms with E-state index in [0.29, 0.717) is 6.04 Å². The summed E-state index contributed by atoms with van der Waals surface area (Å²) in [4.78, 5) is 7.73. The Hall–Kier alpha value is -2.40. The summed E-state index contributed by atoms with van der Waals surface area (Å²) in [6.07, 6.45) is 2.59. The second-order valence-corrected chi connectivity index (χ2v) is 10.5. The molecule has 33 heavy (non-hydrogen) atoms. The third kappa shape index (κ3) is 3.65. The van der Waals surface area contributed by atoms with Gasteiger partial charge < -0.3 is 19.3 Å². The molecule has 2 saturated heterocycles. The van der Waals surface area contributed by atoms with Crippen molar-refractivity contribution < 1.29 is 9.47 Å². The molecule has 1 unspecified atom stereocenters. The van der Waals surface area contributed by atoms with E-state index in [0.717, 1.165) is 37.7 Å².